The topological polar surface area (TPSA) is 59.4 Å². The fraction of sp³-hybridized carbons (Fsp3) is 0.455. The molecule has 2 aromatic heterocycles. The normalized spacial score (nSPS) is 12.4. The lowest BCUT2D eigenvalue weighted by molar-refractivity contribution is -0.136. The molecule has 2 heterocycles. The highest BCUT2D eigenvalue weighted by Crippen LogP contribution is 2.41. The molecule has 0 spiro atoms. The molecule has 1 N–H and O–H groups in total. The molecule has 1 unspecified atom stereocenters. The van der Waals surface area contributed by atoms with Crippen LogP contribution in [0.5, 0.6) is 5.75 Å². The number of thiophene rings is 1. The SMILES string of the molecule is CCCCC(CCSc1nc(CC(=O)O)cs1)c1sc2cc(OC)ccc2c1C. The molecule has 29 heavy (non-hydrogen) atoms. The Kier molecular flexibility index (Phi) is 7.98. The number of rotatable bonds is 11. The number of methoxy groups -OCH3 is 1. The van der Waals surface area contributed by atoms with Gasteiger partial charge in [0, 0.05) is 20.7 Å². The number of carboxylic acid groups (broad SMARTS) is 1. The number of nitrogens with zero attached hydrogens (tertiary/aromatic N) is 1. The summed E-state index contributed by atoms with van der Waals surface area (Å²) in [7, 11) is 1.71. The minimum Gasteiger partial charge on any atom is -0.497 e. The molecule has 0 fully saturated rings. The van der Waals surface area contributed by atoms with Crippen molar-refractivity contribution in [1.29, 1.82) is 0 Å². The van der Waals surface area contributed by atoms with Gasteiger partial charge in [-0.1, -0.05) is 31.5 Å². The molecule has 0 saturated heterocycles. The van der Waals surface area contributed by atoms with Crippen LogP contribution in [-0.2, 0) is 11.2 Å². The van der Waals surface area contributed by atoms with Crippen molar-refractivity contribution in [2.45, 2.75) is 56.2 Å². The van der Waals surface area contributed by atoms with Crippen LogP contribution in [-0.4, -0.2) is 28.9 Å². The highest BCUT2D eigenvalue weighted by atomic mass is 32.2. The number of hydrogen-bond donors (Lipinski definition) is 1. The molecule has 0 aliphatic heterocycles. The molecule has 0 bridgehead atoms. The first-order valence-corrected chi connectivity index (χ1v) is 12.6. The molecule has 0 aliphatic rings. The van der Waals surface area contributed by atoms with Gasteiger partial charge in [0.1, 0.15) is 10.1 Å². The summed E-state index contributed by atoms with van der Waals surface area (Å²) < 4.78 is 7.66. The minimum absolute atomic E-state index is 0.000622. The lowest BCUT2D eigenvalue weighted by atomic mass is 9.94. The average Bonchev–Trinajstić information content (AvgIpc) is 3.27. The Balaban J connectivity index is 1.71. The fourth-order valence-electron chi connectivity index (χ4n) is 3.48. The van der Waals surface area contributed by atoms with E-state index in [4.69, 9.17) is 9.84 Å². The Morgan fingerprint density at radius 1 is 1.34 bits per heavy atom. The summed E-state index contributed by atoms with van der Waals surface area (Å²) in [5.74, 6) is 1.62. The summed E-state index contributed by atoms with van der Waals surface area (Å²) in [6.45, 7) is 4.49. The Labute approximate surface area is 184 Å². The predicted octanol–water partition coefficient (Wildman–Crippen LogP) is 6.76. The van der Waals surface area contributed by atoms with Gasteiger partial charge in [-0.2, -0.15) is 0 Å². The van der Waals surface area contributed by atoms with E-state index in [2.05, 4.69) is 31.0 Å². The van der Waals surface area contributed by atoms with Crippen LogP contribution in [0.1, 0.15) is 54.7 Å². The summed E-state index contributed by atoms with van der Waals surface area (Å²) in [6, 6.07) is 6.36. The van der Waals surface area contributed by atoms with Gasteiger partial charge in [-0.15, -0.1) is 22.7 Å². The third-order valence-corrected chi connectivity index (χ3v) is 8.53. The number of carbonyl (C=O) groups is 1. The van der Waals surface area contributed by atoms with Gasteiger partial charge in [-0.3, -0.25) is 4.79 Å². The van der Waals surface area contributed by atoms with E-state index in [0.717, 1.165) is 22.3 Å². The molecule has 3 aromatic rings. The number of hydrogen-bond acceptors (Lipinski definition) is 6. The zero-order valence-electron chi connectivity index (χ0n) is 17.1. The minimum atomic E-state index is -0.830. The first kappa shape index (κ1) is 22.1. The van der Waals surface area contributed by atoms with Crippen molar-refractivity contribution < 1.29 is 14.6 Å². The van der Waals surface area contributed by atoms with Crippen LogP contribution in [0.25, 0.3) is 10.1 Å². The summed E-state index contributed by atoms with van der Waals surface area (Å²) in [5.41, 5.74) is 2.05. The number of benzene rings is 1. The second-order valence-corrected chi connectivity index (χ2v) is 10.4. The number of unbranched alkanes of at least 4 members (excludes halogenated alkanes) is 1. The van der Waals surface area contributed by atoms with Crippen molar-refractivity contribution in [3.8, 4) is 5.75 Å². The zero-order chi connectivity index (χ0) is 20.8. The van der Waals surface area contributed by atoms with Crippen molar-refractivity contribution in [2.75, 3.05) is 12.9 Å². The van der Waals surface area contributed by atoms with Crippen molar-refractivity contribution >= 4 is 50.5 Å². The largest absolute Gasteiger partial charge is 0.497 e. The van der Waals surface area contributed by atoms with E-state index in [0.29, 0.717) is 11.6 Å². The number of aliphatic carboxylic acids is 1. The third-order valence-electron chi connectivity index (χ3n) is 5.01. The highest BCUT2D eigenvalue weighted by Gasteiger charge is 2.19. The molecule has 4 nitrogen and oxygen atoms in total. The van der Waals surface area contributed by atoms with Crippen LogP contribution >= 0.6 is 34.4 Å². The second kappa shape index (κ2) is 10.5. The summed E-state index contributed by atoms with van der Waals surface area (Å²) >= 11 is 5.19. The molecule has 3 rings (SSSR count). The van der Waals surface area contributed by atoms with Crippen LogP contribution in [0, 0.1) is 6.92 Å². The maximum absolute atomic E-state index is 10.8. The number of aromatic nitrogens is 1. The van der Waals surface area contributed by atoms with Gasteiger partial charge in [0.25, 0.3) is 0 Å². The molecule has 1 atom stereocenters. The van der Waals surface area contributed by atoms with Gasteiger partial charge in [0.2, 0.25) is 0 Å². The van der Waals surface area contributed by atoms with Gasteiger partial charge >= 0.3 is 5.97 Å². The van der Waals surface area contributed by atoms with Crippen LogP contribution in [0.4, 0.5) is 0 Å². The number of thiazole rings is 1. The van der Waals surface area contributed by atoms with Gasteiger partial charge in [0.15, 0.2) is 0 Å². The molecule has 0 amide bonds. The lowest BCUT2D eigenvalue weighted by Crippen LogP contribution is -2.01. The fourth-order valence-corrected chi connectivity index (χ4v) is 6.85. The average molecular weight is 450 g/mol. The Morgan fingerprint density at radius 3 is 2.90 bits per heavy atom. The number of thioether (sulfide) groups is 1. The van der Waals surface area contributed by atoms with E-state index in [1.54, 1.807) is 30.2 Å². The smallest absolute Gasteiger partial charge is 0.309 e. The van der Waals surface area contributed by atoms with Crippen molar-refractivity contribution in [1.82, 2.24) is 4.98 Å². The first-order valence-electron chi connectivity index (χ1n) is 9.87. The Bertz CT molecular complexity index is 964. The van der Waals surface area contributed by atoms with Gasteiger partial charge in [0.05, 0.1) is 19.2 Å². The summed E-state index contributed by atoms with van der Waals surface area (Å²) in [5, 5.41) is 12.1. The molecule has 0 saturated carbocycles. The monoisotopic (exact) mass is 449 g/mol. The van der Waals surface area contributed by atoms with E-state index in [-0.39, 0.29) is 6.42 Å². The quantitative estimate of drug-likeness (QED) is 0.328. The zero-order valence-corrected chi connectivity index (χ0v) is 19.5. The molecule has 7 heteroatoms. The Morgan fingerprint density at radius 2 is 2.17 bits per heavy atom. The lowest BCUT2D eigenvalue weighted by Gasteiger charge is -2.16. The first-order chi connectivity index (χ1) is 14.0. The molecular weight excluding hydrogens is 422 g/mol. The van der Waals surface area contributed by atoms with Crippen LogP contribution in [0.2, 0.25) is 0 Å². The Hall–Kier alpha value is -1.57. The number of ether oxygens (including phenoxy) is 1. The van der Waals surface area contributed by atoms with Crippen molar-refractivity contribution in [2.24, 2.45) is 0 Å². The second-order valence-electron chi connectivity index (χ2n) is 7.10. The van der Waals surface area contributed by atoms with Gasteiger partial charge in [-0.05, 0) is 54.8 Å². The highest BCUT2D eigenvalue weighted by molar-refractivity contribution is 8.01. The maximum atomic E-state index is 10.8. The standard InChI is InChI=1S/C22H27NO3S3/c1-4-5-6-15(9-10-27-22-23-16(13-28-22)11-20(24)25)21-14(2)18-8-7-17(26-3)12-19(18)29-21/h7-8,12-13,15H,4-6,9-11H2,1-3H3,(H,24,25). The third kappa shape index (κ3) is 5.74. The van der Waals surface area contributed by atoms with Crippen molar-refractivity contribution in [3.05, 3.63) is 39.7 Å². The van der Waals surface area contributed by atoms with E-state index in [1.807, 2.05) is 22.8 Å². The maximum Gasteiger partial charge on any atom is 0.309 e. The van der Waals surface area contributed by atoms with E-state index in [1.165, 1.54) is 39.8 Å². The van der Waals surface area contributed by atoms with Crippen LogP contribution < -0.4 is 4.74 Å². The number of carboxylic acids is 1. The predicted molar refractivity (Wildman–Crippen MR) is 124 cm³/mol. The molecule has 0 radical (unpaired) electrons. The van der Waals surface area contributed by atoms with E-state index in [9.17, 15) is 4.79 Å². The van der Waals surface area contributed by atoms with Crippen LogP contribution in [0.15, 0.2) is 27.9 Å². The number of fused-ring (bicyclic) bond motifs is 1. The summed E-state index contributed by atoms with van der Waals surface area (Å²) in [4.78, 5) is 16.8. The van der Waals surface area contributed by atoms with Gasteiger partial charge < -0.3 is 9.84 Å². The number of aryl methyl sites for hydroxylation is 1. The molecule has 156 valence electrons. The van der Waals surface area contributed by atoms with Crippen LogP contribution in [0.3, 0.4) is 0 Å². The van der Waals surface area contributed by atoms with Gasteiger partial charge in [-0.25, -0.2) is 4.98 Å². The van der Waals surface area contributed by atoms with E-state index < -0.39 is 5.97 Å². The molecular formula is C22H27NO3S3. The molecule has 0 aliphatic carbocycles. The molecule has 1 aromatic carbocycles. The van der Waals surface area contributed by atoms with Crippen molar-refractivity contribution in [3.63, 3.8) is 0 Å². The summed E-state index contributed by atoms with van der Waals surface area (Å²) in [6.07, 6.45) is 4.73. The van der Waals surface area contributed by atoms with E-state index >= 15 is 0 Å².